The third kappa shape index (κ3) is 4.13. The standard InChI is InChI=1S/C12H14O4/c1-15-12(14)9-16-11-6-4-10(5-7-11)3-2-8-13/h4-8H,2-3,9H2,1H3. The van der Waals surface area contributed by atoms with Crippen LogP contribution in [0.4, 0.5) is 0 Å². The summed E-state index contributed by atoms with van der Waals surface area (Å²) in [4.78, 5) is 21.0. The predicted molar refractivity (Wildman–Crippen MR) is 58.3 cm³/mol. The number of aldehydes is 1. The van der Waals surface area contributed by atoms with Crippen molar-refractivity contribution in [3.05, 3.63) is 29.8 Å². The molecule has 0 fully saturated rings. The van der Waals surface area contributed by atoms with Crippen LogP contribution in [0, 0.1) is 0 Å². The average molecular weight is 222 g/mol. The Morgan fingerprint density at radius 3 is 2.56 bits per heavy atom. The number of methoxy groups -OCH3 is 1. The van der Waals surface area contributed by atoms with Gasteiger partial charge < -0.3 is 14.3 Å². The fourth-order valence-corrected chi connectivity index (χ4v) is 1.18. The van der Waals surface area contributed by atoms with Crippen LogP contribution in [0.25, 0.3) is 0 Å². The van der Waals surface area contributed by atoms with Gasteiger partial charge in [-0.2, -0.15) is 0 Å². The second-order valence-electron chi connectivity index (χ2n) is 3.21. The van der Waals surface area contributed by atoms with Gasteiger partial charge in [-0.25, -0.2) is 4.79 Å². The minimum Gasteiger partial charge on any atom is -0.482 e. The molecule has 4 heteroatoms. The zero-order chi connectivity index (χ0) is 11.8. The van der Waals surface area contributed by atoms with Crippen LogP contribution < -0.4 is 4.74 Å². The third-order valence-electron chi connectivity index (χ3n) is 2.06. The number of aryl methyl sites for hydroxylation is 1. The zero-order valence-electron chi connectivity index (χ0n) is 9.14. The first-order chi connectivity index (χ1) is 7.76. The van der Waals surface area contributed by atoms with Gasteiger partial charge in [-0.05, 0) is 24.1 Å². The summed E-state index contributed by atoms with van der Waals surface area (Å²) in [5.74, 6) is 0.199. The van der Waals surface area contributed by atoms with E-state index in [1.165, 1.54) is 7.11 Å². The third-order valence-corrected chi connectivity index (χ3v) is 2.06. The molecule has 1 aromatic rings. The maximum atomic E-state index is 10.8. The molecule has 0 radical (unpaired) electrons. The topological polar surface area (TPSA) is 52.6 Å². The van der Waals surface area contributed by atoms with Crippen LogP contribution in [0.1, 0.15) is 12.0 Å². The Labute approximate surface area is 94.2 Å². The highest BCUT2D eigenvalue weighted by molar-refractivity contribution is 5.70. The van der Waals surface area contributed by atoms with E-state index in [1.807, 2.05) is 12.1 Å². The minimum absolute atomic E-state index is 0.0931. The van der Waals surface area contributed by atoms with E-state index in [4.69, 9.17) is 4.74 Å². The van der Waals surface area contributed by atoms with Crippen molar-refractivity contribution in [1.82, 2.24) is 0 Å². The van der Waals surface area contributed by atoms with E-state index >= 15 is 0 Å². The molecule has 0 spiro atoms. The lowest BCUT2D eigenvalue weighted by Crippen LogP contribution is -2.12. The number of hydrogen-bond donors (Lipinski definition) is 0. The van der Waals surface area contributed by atoms with Crippen LogP contribution in [-0.4, -0.2) is 26.0 Å². The van der Waals surface area contributed by atoms with Crippen LogP contribution in [0.3, 0.4) is 0 Å². The molecule has 0 aliphatic rings. The lowest BCUT2D eigenvalue weighted by Gasteiger charge is -2.05. The maximum absolute atomic E-state index is 10.8. The summed E-state index contributed by atoms with van der Waals surface area (Å²) in [5.41, 5.74) is 1.07. The molecule has 0 saturated heterocycles. The Morgan fingerprint density at radius 1 is 1.31 bits per heavy atom. The number of benzene rings is 1. The molecule has 0 atom stereocenters. The largest absolute Gasteiger partial charge is 0.482 e. The van der Waals surface area contributed by atoms with Crippen molar-refractivity contribution in [2.45, 2.75) is 12.8 Å². The van der Waals surface area contributed by atoms with Gasteiger partial charge in [0.1, 0.15) is 12.0 Å². The molecule has 0 aliphatic heterocycles. The Bertz CT molecular complexity index is 343. The molecule has 1 aromatic carbocycles. The molecule has 0 aromatic heterocycles. The molecule has 1 rings (SSSR count). The summed E-state index contributed by atoms with van der Waals surface area (Å²) in [6, 6.07) is 7.28. The number of hydrogen-bond acceptors (Lipinski definition) is 4. The normalized spacial score (nSPS) is 9.56. The fraction of sp³-hybridized carbons (Fsp3) is 0.333. The van der Waals surface area contributed by atoms with E-state index in [0.29, 0.717) is 12.2 Å². The van der Waals surface area contributed by atoms with Gasteiger partial charge in [0.15, 0.2) is 6.61 Å². The molecule has 0 unspecified atom stereocenters. The molecule has 86 valence electrons. The van der Waals surface area contributed by atoms with Crippen molar-refractivity contribution in [3.63, 3.8) is 0 Å². The molecule has 0 N–H and O–H groups in total. The van der Waals surface area contributed by atoms with E-state index in [1.54, 1.807) is 12.1 Å². The van der Waals surface area contributed by atoms with Crippen LogP contribution in [0.15, 0.2) is 24.3 Å². The maximum Gasteiger partial charge on any atom is 0.343 e. The van der Waals surface area contributed by atoms with Crippen molar-refractivity contribution in [1.29, 1.82) is 0 Å². The quantitative estimate of drug-likeness (QED) is 0.539. The molecule has 16 heavy (non-hydrogen) atoms. The van der Waals surface area contributed by atoms with E-state index in [9.17, 15) is 9.59 Å². The average Bonchev–Trinajstić information content (AvgIpc) is 2.34. The number of ether oxygens (including phenoxy) is 2. The summed E-state index contributed by atoms with van der Waals surface area (Å²) in [5, 5.41) is 0. The summed E-state index contributed by atoms with van der Waals surface area (Å²) >= 11 is 0. The smallest absolute Gasteiger partial charge is 0.343 e. The van der Waals surface area contributed by atoms with Gasteiger partial charge >= 0.3 is 5.97 Å². The van der Waals surface area contributed by atoms with Crippen molar-refractivity contribution >= 4 is 12.3 Å². The highest BCUT2D eigenvalue weighted by Crippen LogP contribution is 2.13. The minimum atomic E-state index is -0.412. The summed E-state index contributed by atoms with van der Waals surface area (Å²) in [6.45, 7) is -0.0931. The Hall–Kier alpha value is -1.84. The van der Waals surface area contributed by atoms with Crippen molar-refractivity contribution in [2.75, 3.05) is 13.7 Å². The van der Waals surface area contributed by atoms with Crippen LogP contribution >= 0.6 is 0 Å². The lowest BCUT2D eigenvalue weighted by atomic mass is 10.1. The highest BCUT2D eigenvalue weighted by Gasteiger charge is 2.01. The van der Waals surface area contributed by atoms with Crippen molar-refractivity contribution in [2.24, 2.45) is 0 Å². The number of rotatable bonds is 6. The second kappa shape index (κ2) is 6.61. The number of esters is 1. The predicted octanol–water partition coefficient (Wildman–Crippen LogP) is 1.37. The van der Waals surface area contributed by atoms with Crippen molar-refractivity contribution in [3.8, 4) is 5.75 Å². The molecule has 0 saturated carbocycles. The Kier molecular flexibility index (Phi) is 5.05. The molecule has 0 bridgehead atoms. The first-order valence-electron chi connectivity index (χ1n) is 4.98. The van der Waals surface area contributed by atoms with Crippen LogP contribution in [0.2, 0.25) is 0 Å². The monoisotopic (exact) mass is 222 g/mol. The molecular weight excluding hydrogens is 208 g/mol. The van der Waals surface area contributed by atoms with Gasteiger partial charge in [-0.15, -0.1) is 0 Å². The van der Waals surface area contributed by atoms with Gasteiger partial charge in [0.05, 0.1) is 7.11 Å². The van der Waals surface area contributed by atoms with E-state index in [0.717, 1.165) is 18.3 Å². The molecule has 0 aliphatic carbocycles. The summed E-state index contributed by atoms with van der Waals surface area (Å²) in [6.07, 6.45) is 2.13. The number of carbonyl (C=O) groups excluding carboxylic acids is 2. The van der Waals surface area contributed by atoms with E-state index in [2.05, 4.69) is 4.74 Å². The fourth-order valence-electron chi connectivity index (χ4n) is 1.18. The summed E-state index contributed by atoms with van der Waals surface area (Å²) < 4.78 is 9.62. The molecule has 4 nitrogen and oxygen atoms in total. The van der Waals surface area contributed by atoms with E-state index in [-0.39, 0.29) is 6.61 Å². The lowest BCUT2D eigenvalue weighted by molar-refractivity contribution is -0.142. The molecule has 0 heterocycles. The number of carbonyl (C=O) groups is 2. The molecule has 0 amide bonds. The Balaban J connectivity index is 2.44. The van der Waals surface area contributed by atoms with Crippen LogP contribution in [-0.2, 0) is 20.7 Å². The zero-order valence-corrected chi connectivity index (χ0v) is 9.14. The SMILES string of the molecule is COC(=O)COc1ccc(CCC=O)cc1. The highest BCUT2D eigenvalue weighted by atomic mass is 16.6. The molecular formula is C12H14O4. The second-order valence-corrected chi connectivity index (χ2v) is 3.21. The first-order valence-corrected chi connectivity index (χ1v) is 4.98. The van der Waals surface area contributed by atoms with Gasteiger partial charge in [-0.3, -0.25) is 0 Å². The van der Waals surface area contributed by atoms with E-state index < -0.39 is 5.97 Å². The summed E-state index contributed by atoms with van der Waals surface area (Å²) in [7, 11) is 1.31. The first kappa shape index (κ1) is 12.2. The Morgan fingerprint density at radius 2 is 2.00 bits per heavy atom. The van der Waals surface area contributed by atoms with Crippen molar-refractivity contribution < 1.29 is 19.1 Å². The van der Waals surface area contributed by atoms with Gasteiger partial charge in [-0.1, -0.05) is 12.1 Å². The van der Waals surface area contributed by atoms with Crippen LogP contribution in [0.5, 0.6) is 5.75 Å². The van der Waals surface area contributed by atoms with Gasteiger partial charge in [0.2, 0.25) is 0 Å². The van der Waals surface area contributed by atoms with Gasteiger partial charge in [0, 0.05) is 6.42 Å². The van der Waals surface area contributed by atoms with Gasteiger partial charge in [0.25, 0.3) is 0 Å².